The van der Waals surface area contributed by atoms with Gasteiger partial charge in [0.15, 0.2) is 0 Å². The Kier molecular flexibility index (Phi) is 22.2. The van der Waals surface area contributed by atoms with Crippen LogP contribution in [0.5, 0.6) is 0 Å². The van der Waals surface area contributed by atoms with E-state index in [0.717, 1.165) is 0 Å². The summed E-state index contributed by atoms with van der Waals surface area (Å²) in [7, 11) is 0. The molecule has 0 fully saturated rings. The van der Waals surface area contributed by atoms with Gasteiger partial charge in [0.05, 0.1) is 6.33 Å². The van der Waals surface area contributed by atoms with Crippen molar-refractivity contribution in [2.75, 3.05) is 0 Å². The second-order valence-corrected chi connectivity index (χ2v) is 0.154. The first-order valence-electron chi connectivity index (χ1n) is 0.626. The maximum Gasteiger partial charge on any atom is 0.0795 e. The average molecular weight is 93.9 g/mol. The molecule has 4 heavy (non-hydrogen) atoms. The molecular formula is C2H3FTi. The van der Waals surface area contributed by atoms with Gasteiger partial charge in [0.25, 0.3) is 0 Å². The van der Waals surface area contributed by atoms with Crippen LogP contribution in [0.25, 0.3) is 0 Å². The van der Waals surface area contributed by atoms with Crippen molar-refractivity contribution in [3.05, 3.63) is 12.9 Å². The summed E-state index contributed by atoms with van der Waals surface area (Å²) in [6, 6.07) is 0. The van der Waals surface area contributed by atoms with Crippen molar-refractivity contribution >= 4 is 0 Å². The first-order chi connectivity index (χ1) is 1.41. The van der Waals surface area contributed by atoms with Crippen LogP contribution in [-0.2, 0) is 21.7 Å². The summed E-state index contributed by atoms with van der Waals surface area (Å²) in [6.45, 7) is 2.69. The zero-order valence-corrected chi connectivity index (χ0v) is 3.72. The zero-order chi connectivity index (χ0) is 2.71. The molecule has 0 aliphatic carbocycles. The zero-order valence-electron chi connectivity index (χ0n) is 2.16. The molecular weight excluding hydrogens is 90.9 g/mol. The quantitative estimate of drug-likeness (QED) is 0.394. The SMILES string of the molecule is C=CF.[Ti]. The first-order valence-corrected chi connectivity index (χ1v) is 0.626. The van der Waals surface area contributed by atoms with Gasteiger partial charge in [0, 0.05) is 21.7 Å². The van der Waals surface area contributed by atoms with Gasteiger partial charge in [0.1, 0.15) is 0 Å². The molecule has 0 radical (unpaired) electrons. The van der Waals surface area contributed by atoms with Crippen molar-refractivity contribution in [3.63, 3.8) is 0 Å². The van der Waals surface area contributed by atoms with Crippen LogP contribution in [0.2, 0.25) is 0 Å². The summed E-state index contributed by atoms with van der Waals surface area (Å²) in [4.78, 5) is 0. The van der Waals surface area contributed by atoms with Gasteiger partial charge in [-0.15, -0.1) is 0 Å². The topological polar surface area (TPSA) is 0 Å². The Balaban J connectivity index is 0. The summed E-state index contributed by atoms with van der Waals surface area (Å²) >= 11 is 0. The van der Waals surface area contributed by atoms with Gasteiger partial charge in [-0.25, -0.2) is 4.39 Å². The van der Waals surface area contributed by atoms with Gasteiger partial charge in [0.2, 0.25) is 0 Å². The van der Waals surface area contributed by atoms with E-state index in [1.54, 1.807) is 0 Å². The molecule has 22 valence electrons. The Hall–Kier alpha value is 0.384. The molecule has 0 heterocycles. The van der Waals surface area contributed by atoms with E-state index in [1.807, 2.05) is 0 Å². The van der Waals surface area contributed by atoms with Crippen molar-refractivity contribution in [1.82, 2.24) is 0 Å². The molecule has 0 nitrogen and oxygen atoms in total. The molecule has 0 saturated carbocycles. The standard InChI is InChI=1S/C2H3F.Ti/c1-2-3;/h2H,1H2;. The molecule has 0 rings (SSSR count). The van der Waals surface area contributed by atoms with E-state index in [-0.39, 0.29) is 28.0 Å². The molecule has 0 N–H and O–H groups in total. The number of halogens is 1. The van der Waals surface area contributed by atoms with Crippen LogP contribution in [-0.4, -0.2) is 0 Å². The van der Waals surface area contributed by atoms with Gasteiger partial charge in [-0.3, -0.25) is 0 Å². The van der Waals surface area contributed by atoms with Crippen LogP contribution in [0.4, 0.5) is 4.39 Å². The number of hydrogen-bond donors (Lipinski definition) is 0. The molecule has 0 spiro atoms. The van der Waals surface area contributed by atoms with Crippen LogP contribution < -0.4 is 0 Å². The summed E-state index contributed by atoms with van der Waals surface area (Å²) in [6.07, 6.45) is 0.250. The molecule has 0 saturated heterocycles. The third-order valence-corrected chi connectivity index (χ3v) is 0. The van der Waals surface area contributed by atoms with E-state index >= 15 is 0 Å². The largest absolute Gasteiger partial charge is 0.216 e. The van der Waals surface area contributed by atoms with Crippen molar-refractivity contribution in [2.24, 2.45) is 0 Å². The Bertz CT molecular complexity index is 13.5. The predicted molar refractivity (Wildman–Crippen MR) is 11.3 cm³/mol. The molecule has 0 aromatic heterocycles. The molecule has 0 amide bonds. The number of rotatable bonds is 0. The van der Waals surface area contributed by atoms with Crippen LogP contribution >= 0.6 is 0 Å². The molecule has 2 heteroatoms. The van der Waals surface area contributed by atoms with Crippen molar-refractivity contribution in [2.45, 2.75) is 0 Å². The minimum atomic E-state index is 0. The molecule has 0 aromatic carbocycles. The van der Waals surface area contributed by atoms with Crippen LogP contribution in [0.15, 0.2) is 12.9 Å². The van der Waals surface area contributed by atoms with E-state index in [1.165, 1.54) is 0 Å². The summed E-state index contributed by atoms with van der Waals surface area (Å²) in [5.74, 6) is 0. The van der Waals surface area contributed by atoms with Gasteiger partial charge in [-0.1, -0.05) is 6.58 Å². The van der Waals surface area contributed by atoms with E-state index in [0.29, 0.717) is 0 Å². The van der Waals surface area contributed by atoms with Crippen molar-refractivity contribution in [3.8, 4) is 0 Å². The van der Waals surface area contributed by atoms with Gasteiger partial charge < -0.3 is 0 Å². The normalized spacial score (nSPS) is 3.25. The van der Waals surface area contributed by atoms with Crippen LogP contribution in [0.3, 0.4) is 0 Å². The fraction of sp³-hybridized carbons (Fsp3) is 0. The van der Waals surface area contributed by atoms with Gasteiger partial charge in [-0.05, 0) is 0 Å². The first kappa shape index (κ1) is 8.83. The predicted octanol–water partition coefficient (Wildman–Crippen LogP) is 1.10. The third-order valence-electron chi connectivity index (χ3n) is 0. The van der Waals surface area contributed by atoms with Crippen molar-refractivity contribution < 1.29 is 26.1 Å². The third kappa shape index (κ3) is 30.9. The smallest absolute Gasteiger partial charge is 0.0795 e. The Morgan fingerprint density at radius 2 is 1.75 bits per heavy atom. The van der Waals surface area contributed by atoms with E-state index < -0.39 is 0 Å². The molecule has 0 bridgehead atoms. The van der Waals surface area contributed by atoms with Crippen molar-refractivity contribution in [1.29, 1.82) is 0 Å². The maximum absolute atomic E-state index is 10.1. The molecule has 0 aromatic rings. The minimum absolute atomic E-state index is 0. The van der Waals surface area contributed by atoms with Crippen LogP contribution in [0, 0.1) is 0 Å². The molecule has 0 atom stereocenters. The minimum Gasteiger partial charge on any atom is -0.216 e. The average Bonchev–Trinajstić information content (AvgIpc) is 0.918. The van der Waals surface area contributed by atoms with E-state index in [9.17, 15) is 4.39 Å². The molecule has 0 unspecified atom stereocenters. The summed E-state index contributed by atoms with van der Waals surface area (Å²) in [5, 5.41) is 0. The summed E-state index contributed by atoms with van der Waals surface area (Å²) in [5.41, 5.74) is 0. The van der Waals surface area contributed by atoms with Gasteiger partial charge in [-0.2, -0.15) is 0 Å². The van der Waals surface area contributed by atoms with E-state index in [2.05, 4.69) is 6.58 Å². The van der Waals surface area contributed by atoms with E-state index in [4.69, 9.17) is 0 Å². The second-order valence-electron chi connectivity index (χ2n) is 0.154. The van der Waals surface area contributed by atoms with Crippen LogP contribution in [0.1, 0.15) is 0 Å². The monoisotopic (exact) mass is 94.0 g/mol. The molecule has 0 aliphatic heterocycles. The Labute approximate surface area is 39.6 Å². The maximum atomic E-state index is 10.1. The fourth-order valence-corrected chi connectivity index (χ4v) is 0. The van der Waals surface area contributed by atoms with Gasteiger partial charge >= 0.3 is 0 Å². The Morgan fingerprint density at radius 3 is 1.75 bits per heavy atom. The Morgan fingerprint density at radius 1 is 1.75 bits per heavy atom. The number of hydrogen-bond acceptors (Lipinski definition) is 0. The summed E-state index contributed by atoms with van der Waals surface area (Å²) < 4.78 is 10.1. The second kappa shape index (κ2) is 10.0. The fourth-order valence-electron chi connectivity index (χ4n) is 0. The molecule has 0 aliphatic rings.